The number of amides is 1. The maximum absolute atomic E-state index is 12.6. The van der Waals surface area contributed by atoms with E-state index in [9.17, 15) is 4.79 Å². The minimum Gasteiger partial charge on any atom is -0.493 e. The van der Waals surface area contributed by atoms with Crippen molar-refractivity contribution in [3.63, 3.8) is 0 Å². The van der Waals surface area contributed by atoms with Crippen LogP contribution in [0.2, 0.25) is 0 Å². The van der Waals surface area contributed by atoms with Crippen LogP contribution in [0.3, 0.4) is 0 Å². The lowest BCUT2D eigenvalue weighted by Crippen LogP contribution is -2.46. The Morgan fingerprint density at radius 3 is 2.52 bits per heavy atom. The number of carbonyl (C=O) groups is 1. The first-order valence-corrected chi connectivity index (χ1v) is 9.03. The molecule has 0 radical (unpaired) electrons. The van der Waals surface area contributed by atoms with Crippen molar-refractivity contribution >= 4 is 6.09 Å². The standard InChI is InChI=1S/C20H31NO4/c1-7-12-21(19(22)25-20(2,3)4)15-9-10-16-14(13-15)8-11-17(23-5)18(16)24-6/h8,11,15H,7,9-10,12-13H2,1-6H3/t15-/m0/s1. The molecule has 0 bridgehead atoms. The summed E-state index contributed by atoms with van der Waals surface area (Å²) < 4.78 is 16.6. The zero-order valence-electron chi connectivity index (χ0n) is 16.3. The van der Waals surface area contributed by atoms with Gasteiger partial charge >= 0.3 is 6.09 Å². The Hall–Kier alpha value is -1.91. The SMILES string of the molecule is CCCN(C(=O)OC(C)(C)C)[C@H]1CCc2c(ccc(OC)c2OC)C1. The van der Waals surface area contributed by atoms with E-state index in [1.54, 1.807) is 14.2 Å². The quantitative estimate of drug-likeness (QED) is 0.799. The topological polar surface area (TPSA) is 48.0 Å². The lowest BCUT2D eigenvalue weighted by atomic mass is 9.86. The van der Waals surface area contributed by atoms with E-state index < -0.39 is 5.60 Å². The molecule has 1 aromatic carbocycles. The van der Waals surface area contributed by atoms with E-state index >= 15 is 0 Å². The molecule has 25 heavy (non-hydrogen) atoms. The number of carbonyl (C=O) groups excluding carboxylic acids is 1. The summed E-state index contributed by atoms with van der Waals surface area (Å²) in [7, 11) is 3.33. The normalized spacial score (nSPS) is 16.8. The third-order valence-corrected chi connectivity index (χ3v) is 4.46. The van der Waals surface area contributed by atoms with Crippen LogP contribution in [0.25, 0.3) is 0 Å². The molecule has 1 aromatic rings. The van der Waals surface area contributed by atoms with Gasteiger partial charge in [0.15, 0.2) is 11.5 Å². The van der Waals surface area contributed by atoms with Crippen molar-refractivity contribution in [3.8, 4) is 11.5 Å². The fraction of sp³-hybridized carbons (Fsp3) is 0.650. The number of hydrogen-bond acceptors (Lipinski definition) is 4. The molecule has 140 valence electrons. The summed E-state index contributed by atoms with van der Waals surface area (Å²) in [5, 5.41) is 0. The predicted molar refractivity (Wildman–Crippen MR) is 98.6 cm³/mol. The van der Waals surface area contributed by atoms with Gasteiger partial charge in [0.05, 0.1) is 14.2 Å². The summed E-state index contributed by atoms with van der Waals surface area (Å²) in [5.41, 5.74) is 1.93. The molecule has 0 aromatic heterocycles. The molecule has 0 unspecified atom stereocenters. The van der Waals surface area contributed by atoms with Gasteiger partial charge in [-0.05, 0) is 58.1 Å². The first-order valence-electron chi connectivity index (χ1n) is 9.03. The highest BCUT2D eigenvalue weighted by molar-refractivity contribution is 5.69. The van der Waals surface area contributed by atoms with Gasteiger partial charge in [-0.15, -0.1) is 0 Å². The predicted octanol–water partition coefficient (Wildman–Crippen LogP) is 4.21. The molecule has 5 nitrogen and oxygen atoms in total. The van der Waals surface area contributed by atoms with Crippen molar-refractivity contribution in [1.29, 1.82) is 0 Å². The van der Waals surface area contributed by atoms with Gasteiger partial charge < -0.3 is 19.1 Å². The Balaban J connectivity index is 2.23. The molecule has 2 rings (SSSR count). The molecule has 1 aliphatic carbocycles. The van der Waals surface area contributed by atoms with Crippen molar-refractivity contribution in [2.45, 2.75) is 65.0 Å². The lowest BCUT2D eigenvalue weighted by Gasteiger charge is -2.36. The maximum Gasteiger partial charge on any atom is 0.410 e. The Morgan fingerprint density at radius 2 is 1.96 bits per heavy atom. The summed E-state index contributed by atoms with van der Waals surface area (Å²) in [5.74, 6) is 1.58. The molecule has 5 heteroatoms. The number of ether oxygens (including phenoxy) is 3. The Bertz CT molecular complexity index is 606. The van der Waals surface area contributed by atoms with Crippen molar-refractivity contribution < 1.29 is 19.0 Å². The zero-order chi connectivity index (χ0) is 18.6. The third kappa shape index (κ3) is 4.59. The molecule has 0 fully saturated rings. The number of benzene rings is 1. The van der Waals surface area contributed by atoms with Gasteiger partial charge in [0, 0.05) is 18.2 Å². The molecular formula is C20H31NO4. The monoisotopic (exact) mass is 349 g/mol. The molecule has 0 saturated carbocycles. The lowest BCUT2D eigenvalue weighted by molar-refractivity contribution is 0.0146. The average Bonchev–Trinajstić information content (AvgIpc) is 2.56. The molecule has 0 spiro atoms. The summed E-state index contributed by atoms with van der Waals surface area (Å²) in [6.45, 7) is 8.51. The molecule has 0 N–H and O–H groups in total. The van der Waals surface area contributed by atoms with Crippen molar-refractivity contribution in [1.82, 2.24) is 4.90 Å². The number of nitrogens with zero attached hydrogens (tertiary/aromatic N) is 1. The number of fused-ring (bicyclic) bond motifs is 1. The fourth-order valence-corrected chi connectivity index (χ4v) is 3.41. The van der Waals surface area contributed by atoms with Crippen LogP contribution in [0.4, 0.5) is 4.79 Å². The molecule has 0 saturated heterocycles. The van der Waals surface area contributed by atoms with Crippen LogP contribution in [0.1, 0.15) is 51.7 Å². The zero-order valence-corrected chi connectivity index (χ0v) is 16.3. The molecule has 1 amide bonds. The highest BCUT2D eigenvalue weighted by atomic mass is 16.6. The van der Waals surface area contributed by atoms with Crippen molar-refractivity contribution in [3.05, 3.63) is 23.3 Å². The summed E-state index contributed by atoms with van der Waals surface area (Å²) in [6.07, 6.45) is 3.27. The van der Waals surface area contributed by atoms with Crippen LogP contribution in [0, 0.1) is 0 Å². The van der Waals surface area contributed by atoms with Crippen LogP contribution >= 0.6 is 0 Å². The van der Waals surface area contributed by atoms with Crippen LogP contribution in [0.5, 0.6) is 11.5 Å². The highest BCUT2D eigenvalue weighted by Crippen LogP contribution is 2.38. The van der Waals surface area contributed by atoms with Crippen molar-refractivity contribution in [2.75, 3.05) is 20.8 Å². The van der Waals surface area contributed by atoms with Gasteiger partial charge in [0.2, 0.25) is 0 Å². The molecule has 0 heterocycles. The van der Waals surface area contributed by atoms with Crippen LogP contribution in [-0.4, -0.2) is 43.4 Å². The van der Waals surface area contributed by atoms with Gasteiger partial charge in [-0.3, -0.25) is 0 Å². The second-order valence-corrected chi connectivity index (χ2v) is 7.51. The van der Waals surface area contributed by atoms with Gasteiger partial charge in [0.25, 0.3) is 0 Å². The third-order valence-electron chi connectivity index (χ3n) is 4.46. The number of methoxy groups -OCH3 is 2. The minimum atomic E-state index is -0.480. The van der Waals surface area contributed by atoms with E-state index in [2.05, 4.69) is 13.0 Å². The Morgan fingerprint density at radius 1 is 1.24 bits per heavy atom. The summed E-state index contributed by atoms with van der Waals surface area (Å²) >= 11 is 0. The maximum atomic E-state index is 12.6. The molecule has 1 atom stereocenters. The first-order chi connectivity index (χ1) is 11.8. The van der Waals surface area contributed by atoms with E-state index in [4.69, 9.17) is 14.2 Å². The van der Waals surface area contributed by atoms with E-state index in [1.807, 2.05) is 31.7 Å². The van der Waals surface area contributed by atoms with Gasteiger partial charge in [-0.2, -0.15) is 0 Å². The van der Waals surface area contributed by atoms with E-state index in [0.717, 1.165) is 37.2 Å². The average molecular weight is 349 g/mol. The van der Waals surface area contributed by atoms with Gasteiger partial charge in [0.1, 0.15) is 5.60 Å². The fourth-order valence-electron chi connectivity index (χ4n) is 3.41. The number of hydrogen-bond donors (Lipinski definition) is 0. The van der Waals surface area contributed by atoms with Crippen molar-refractivity contribution in [2.24, 2.45) is 0 Å². The molecular weight excluding hydrogens is 318 g/mol. The van der Waals surface area contributed by atoms with Gasteiger partial charge in [-0.1, -0.05) is 13.0 Å². The summed E-state index contributed by atoms with van der Waals surface area (Å²) in [4.78, 5) is 14.5. The minimum absolute atomic E-state index is 0.153. The smallest absolute Gasteiger partial charge is 0.410 e. The van der Waals surface area contributed by atoms with E-state index in [1.165, 1.54) is 11.1 Å². The molecule has 1 aliphatic rings. The number of rotatable bonds is 5. The second-order valence-electron chi connectivity index (χ2n) is 7.51. The molecule has 0 aliphatic heterocycles. The summed E-state index contributed by atoms with van der Waals surface area (Å²) in [6, 6.07) is 4.18. The van der Waals surface area contributed by atoms with Gasteiger partial charge in [-0.25, -0.2) is 4.79 Å². The first kappa shape index (κ1) is 19.4. The van der Waals surface area contributed by atoms with Crippen LogP contribution < -0.4 is 9.47 Å². The van der Waals surface area contributed by atoms with E-state index in [0.29, 0.717) is 6.54 Å². The Labute approximate surface area is 151 Å². The highest BCUT2D eigenvalue weighted by Gasteiger charge is 2.32. The Kier molecular flexibility index (Phi) is 6.20. The second kappa shape index (κ2) is 7.98. The van der Waals surface area contributed by atoms with E-state index in [-0.39, 0.29) is 12.1 Å². The largest absolute Gasteiger partial charge is 0.493 e. The van der Waals surface area contributed by atoms with Crippen LogP contribution in [-0.2, 0) is 17.6 Å². The van der Waals surface area contributed by atoms with Crippen LogP contribution in [0.15, 0.2) is 12.1 Å².